The van der Waals surface area contributed by atoms with Gasteiger partial charge in [0, 0.05) is 29.1 Å². The average molecular weight is 348 g/mol. The van der Waals surface area contributed by atoms with Gasteiger partial charge in [-0.15, -0.1) is 0 Å². The zero-order valence-electron chi connectivity index (χ0n) is 14.4. The van der Waals surface area contributed by atoms with Crippen molar-refractivity contribution in [2.75, 3.05) is 0 Å². The molecule has 0 bridgehead atoms. The molecule has 3 aromatic rings. The van der Waals surface area contributed by atoms with E-state index >= 15 is 0 Å². The predicted molar refractivity (Wildman–Crippen MR) is 102 cm³/mol. The van der Waals surface area contributed by atoms with E-state index in [0.717, 1.165) is 22.0 Å². The van der Waals surface area contributed by atoms with Crippen molar-refractivity contribution < 1.29 is 14.7 Å². The van der Waals surface area contributed by atoms with Gasteiger partial charge in [-0.3, -0.25) is 4.79 Å². The molecule has 0 radical (unpaired) electrons. The monoisotopic (exact) mass is 348 g/mol. The number of benzene rings is 2. The average Bonchev–Trinajstić information content (AvgIpc) is 3.05. The van der Waals surface area contributed by atoms with Crippen LogP contribution in [0.1, 0.15) is 18.1 Å². The van der Waals surface area contributed by atoms with Crippen molar-refractivity contribution in [2.45, 2.75) is 19.4 Å². The molecule has 5 heteroatoms. The van der Waals surface area contributed by atoms with Gasteiger partial charge in [0.15, 0.2) is 0 Å². The molecule has 5 nitrogen and oxygen atoms in total. The Kier molecular flexibility index (Phi) is 5.17. The molecule has 1 unspecified atom stereocenters. The minimum Gasteiger partial charge on any atom is -0.480 e. The van der Waals surface area contributed by atoms with Gasteiger partial charge in [0.2, 0.25) is 5.91 Å². The molecule has 1 heterocycles. The molecule has 0 aliphatic heterocycles. The number of carbonyl (C=O) groups is 2. The molecule has 2 aromatic carbocycles. The van der Waals surface area contributed by atoms with E-state index in [1.807, 2.05) is 54.6 Å². The van der Waals surface area contributed by atoms with E-state index in [2.05, 4.69) is 10.3 Å². The smallest absolute Gasteiger partial charge is 0.326 e. The van der Waals surface area contributed by atoms with Gasteiger partial charge in [-0.1, -0.05) is 48.5 Å². The number of carbonyl (C=O) groups excluding carboxylic acids is 1. The fraction of sp³-hybridized carbons (Fsp3) is 0.143. The van der Waals surface area contributed by atoms with Gasteiger partial charge in [0.25, 0.3) is 0 Å². The molecule has 0 saturated carbocycles. The summed E-state index contributed by atoms with van der Waals surface area (Å²) in [7, 11) is 0. The first-order valence-electron chi connectivity index (χ1n) is 8.36. The summed E-state index contributed by atoms with van der Waals surface area (Å²) < 4.78 is 0. The second kappa shape index (κ2) is 7.70. The number of hydrogen-bond acceptors (Lipinski definition) is 2. The Balaban J connectivity index is 1.75. The number of aliphatic carboxylic acids is 1. The number of rotatable bonds is 6. The summed E-state index contributed by atoms with van der Waals surface area (Å²) in [6.45, 7) is 1.67. The Morgan fingerprint density at radius 2 is 1.81 bits per heavy atom. The van der Waals surface area contributed by atoms with E-state index in [0.29, 0.717) is 5.57 Å². The Morgan fingerprint density at radius 3 is 2.54 bits per heavy atom. The molecule has 0 aliphatic carbocycles. The number of H-pyrrole nitrogens is 1. The lowest BCUT2D eigenvalue weighted by molar-refractivity contribution is -0.141. The van der Waals surface area contributed by atoms with E-state index < -0.39 is 12.0 Å². The maximum absolute atomic E-state index is 12.4. The summed E-state index contributed by atoms with van der Waals surface area (Å²) in [5.74, 6) is -1.45. The van der Waals surface area contributed by atoms with Gasteiger partial charge in [0.05, 0.1) is 0 Å². The SMILES string of the molecule is CC(=Cc1ccccc1)C(=O)NC(Cc1c[nH]c2ccccc12)C(=O)O. The first-order chi connectivity index (χ1) is 12.5. The minimum absolute atomic E-state index is 0.212. The van der Waals surface area contributed by atoms with E-state index in [9.17, 15) is 14.7 Å². The van der Waals surface area contributed by atoms with Gasteiger partial charge in [-0.05, 0) is 30.2 Å². The van der Waals surface area contributed by atoms with Crippen LogP contribution in [0.3, 0.4) is 0 Å². The van der Waals surface area contributed by atoms with E-state index in [-0.39, 0.29) is 12.3 Å². The number of fused-ring (bicyclic) bond motifs is 1. The second-order valence-electron chi connectivity index (χ2n) is 6.17. The molecular weight excluding hydrogens is 328 g/mol. The summed E-state index contributed by atoms with van der Waals surface area (Å²) >= 11 is 0. The van der Waals surface area contributed by atoms with Crippen LogP contribution in [-0.2, 0) is 16.0 Å². The van der Waals surface area contributed by atoms with E-state index in [1.165, 1.54) is 0 Å². The number of para-hydroxylation sites is 1. The van der Waals surface area contributed by atoms with Crippen molar-refractivity contribution in [3.63, 3.8) is 0 Å². The van der Waals surface area contributed by atoms with E-state index in [1.54, 1.807) is 19.2 Å². The van der Waals surface area contributed by atoms with Crippen LogP contribution >= 0.6 is 0 Å². The van der Waals surface area contributed by atoms with Gasteiger partial charge < -0.3 is 15.4 Å². The number of hydrogen-bond donors (Lipinski definition) is 3. The van der Waals surface area contributed by atoms with Crippen molar-refractivity contribution in [3.8, 4) is 0 Å². The number of carboxylic acid groups (broad SMARTS) is 1. The van der Waals surface area contributed by atoms with E-state index in [4.69, 9.17) is 0 Å². The number of nitrogens with one attached hydrogen (secondary N) is 2. The molecule has 3 N–H and O–H groups in total. The highest BCUT2D eigenvalue weighted by atomic mass is 16.4. The highest BCUT2D eigenvalue weighted by Gasteiger charge is 2.22. The lowest BCUT2D eigenvalue weighted by Crippen LogP contribution is -2.42. The first-order valence-corrected chi connectivity index (χ1v) is 8.36. The molecular formula is C21H20N2O3. The minimum atomic E-state index is -1.06. The highest BCUT2D eigenvalue weighted by Crippen LogP contribution is 2.19. The zero-order chi connectivity index (χ0) is 18.5. The summed E-state index contributed by atoms with van der Waals surface area (Å²) in [6, 6.07) is 16.1. The van der Waals surface area contributed by atoms with Crippen molar-refractivity contribution in [2.24, 2.45) is 0 Å². The second-order valence-corrected chi connectivity index (χ2v) is 6.17. The fourth-order valence-electron chi connectivity index (χ4n) is 2.86. The Morgan fingerprint density at radius 1 is 1.12 bits per heavy atom. The normalized spacial score (nSPS) is 12.7. The van der Waals surface area contributed by atoms with Crippen LogP contribution in [0.15, 0.2) is 66.4 Å². The Bertz CT molecular complexity index is 958. The number of amides is 1. The molecule has 26 heavy (non-hydrogen) atoms. The third-order valence-corrected chi connectivity index (χ3v) is 4.24. The summed E-state index contributed by atoms with van der Waals surface area (Å²) in [4.78, 5) is 27.2. The largest absolute Gasteiger partial charge is 0.480 e. The molecule has 1 atom stereocenters. The Hall–Kier alpha value is -3.34. The summed E-state index contributed by atoms with van der Waals surface area (Å²) in [5.41, 5.74) is 3.15. The van der Waals surface area contributed by atoms with Crippen molar-refractivity contribution in [1.29, 1.82) is 0 Å². The van der Waals surface area contributed by atoms with Crippen LogP contribution in [-0.4, -0.2) is 28.0 Å². The standard InChI is InChI=1S/C21H20N2O3/c1-14(11-15-7-3-2-4-8-15)20(24)23-19(21(25)26)12-16-13-22-18-10-6-5-9-17(16)18/h2-11,13,19,22H,12H2,1H3,(H,23,24)(H,25,26). The van der Waals surface area contributed by atoms with Crippen LogP contribution < -0.4 is 5.32 Å². The number of aromatic amines is 1. The first kappa shape index (κ1) is 17.5. The number of aromatic nitrogens is 1. The van der Waals surface area contributed by atoms with Crippen LogP contribution in [0, 0.1) is 0 Å². The third-order valence-electron chi connectivity index (χ3n) is 4.24. The molecule has 132 valence electrons. The zero-order valence-corrected chi connectivity index (χ0v) is 14.4. The maximum Gasteiger partial charge on any atom is 0.326 e. The molecule has 0 saturated heterocycles. The van der Waals surface area contributed by atoms with Gasteiger partial charge >= 0.3 is 5.97 Å². The highest BCUT2D eigenvalue weighted by molar-refractivity contribution is 5.99. The molecule has 0 spiro atoms. The van der Waals surface area contributed by atoms with Gasteiger partial charge in [-0.2, -0.15) is 0 Å². The molecule has 0 aliphatic rings. The van der Waals surface area contributed by atoms with Crippen molar-refractivity contribution in [3.05, 3.63) is 77.5 Å². The third kappa shape index (κ3) is 4.00. The van der Waals surface area contributed by atoms with Gasteiger partial charge in [0.1, 0.15) is 6.04 Å². The fourth-order valence-corrected chi connectivity index (χ4v) is 2.86. The topological polar surface area (TPSA) is 82.2 Å². The van der Waals surface area contributed by atoms with Crippen LogP contribution in [0.5, 0.6) is 0 Å². The number of carboxylic acids is 1. The molecule has 1 aromatic heterocycles. The van der Waals surface area contributed by atoms with Crippen LogP contribution in [0.25, 0.3) is 17.0 Å². The molecule has 3 rings (SSSR count). The summed E-state index contributed by atoms with van der Waals surface area (Å²) in [5, 5.41) is 13.1. The molecule has 1 amide bonds. The maximum atomic E-state index is 12.4. The summed E-state index contributed by atoms with van der Waals surface area (Å²) in [6.07, 6.45) is 3.74. The van der Waals surface area contributed by atoms with Crippen molar-refractivity contribution in [1.82, 2.24) is 10.3 Å². The Labute approximate surface area is 151 Å². The van der Waals surface area contributed by atoms with Crippen LogP contribution in [0.4, 0.5) is 0 Å². The lowest BCUT2D eigenvalue weighted by atomic mass is 10.0. The van der Waals surface area contributed by atoms with Crippen molar-refractivity contribution >= 4 is 28.9 Å². The van der Waals surface area contributed by atoms with Crippen LogP contribution in [0.2, 0.25) is 0 Å². The molecule has 0 fully saturated rings. The van der Waals surface area contributed by atoms with Gasteiger partial charge in [-0.25, -0.2) is 4.79 Å². The lowest BCUT2D eigenvalue weighted by Gasteiger charge is -2.14. The predicted octanol–water partition coefficient (Wildman–Crippen LogP) is 3.38. The quantitative estimate of drug-likeness (QED) is 0.597.